The summed E-state index contributed by atoms with van der Waals surface area (Å²) in [6.45, 7) is 7.34. The maximum absolute atomic E-state index is 12.3. The van der Waals surface area contributed by atoms with Gasteiger partial charge in [0.05, 0.1) is 0 Å². The van der Waals surface area contributed by atoms with Crippen molar-refractivity contribution in [2.24, 2.45) is 0 Å². The molecule has 5 heteroatoms. The zero-order valence-electron chi connectivity index (χ0n) is 24.4. The van der Waals surface area contributed by atoms with Gasteiger partial charge in [-0.15, -0.1) is 0 Å². The van der Waals surface area contributed by atoms with Crippen LogP contribution < -0.4 is 16.0 Å². The van der Waals surface area contributed by atoms with E-state index < -0.39 is 5.66 Å². The lowest BCUT2D eigenvalue weighted by molar-refractivity contribution is 0.130. The average molecular weight is 524 g/mol. The van der Waals surface area contributed by atoms with Gasteiger partial charge in [-0.05, 0) is 37.3 Å². The molecule has 0 aromatic heterocycles. The predicted molar refractivity (Wildman–Crippen MR) is 163 cm³/mol. The molecule has 0 fully saturated rings. The fraction of sp³-hybridized carbons (Fsp3) is 0.667. The zero-order chi connectivity index (χ0) is 27.1. The lowest BCUT2D eigenvalue weighted by atomic mass is 9.98. The molecular weight excluding hydrogens is 470 g/mol. The van der Waals surface area contributed by atoms with Crippen molar-refractivity contribution in [2.75, 3.05) is 23.8 Å². The molecule has 1 heterocycles. The van der Waals surface area contributed by atoms with E-state index in [0.717, 1.165) is 17.8 Å². The van der Waals surface area contributed by atoms with E-state index in [1.54, 1.807) is 0 Å². The molecule has 1 aliphatic rings. The van der Waals surface area contributed by atoms with E-state index in [1.165, 1.54) is 113 Å². The monoisotopic (exact) mass is 523 g/mol. The third-order valence-corrected chi connectivity index (χ3v) is 7.86. The summed E-state index contributed by atoms with van der Waals surface area (Å²) in [5, 5.41) is 12.4. The summed E-state index contributed by atoms with van der Waals surface area (Å²) >= 11 is 0. The van der Waals surface area contributed by atoms with Crippen molar-refractivity contribution in [3.05, 3.63) is 35.9 Å². The number of carbonyl (C=O) groups is 1. The van der Waals surface area contributed by atoms with Gasteiger partial charge in [-0.2, -0.15) is 0 Å². The van der Waals surface area contributed by atoms with Crippen LogP contribution >= 0.6 is 0 Å². The summed E-state index contributed by atoms with van der Waals surface area (Å²) in [5.41, 5.74) is 2.81. The van der Waals surface area contributed by atoms with Gasteiger partial charge in [0.1, 0.15) is 12.3 Å². The minimum Gasteiger partial charge on any atom is -0.445 e. The Hall–Kier alpha value is -2.43. The van der Waals surface area contributed by atoms with Crippen LogP contribution in [0.2, 0.25) is 0 Å². The van der Waals surface area contributed by atoms with Crippen LogP contribution in [0.1, 0.15) is 122 Å². The van der Waals surface area contributed by atoms with Crippen molar-refractivity contribution in [2.45, 2.75) is 129 Å². The van der Waals surface area contributed by atoms with Crippen LogP contribution in [-0.2, 0) is 4.74 Å². The molecule has 1 unspecified atom stereocenters. The molecule has 38 heavy (non-hydrogen) atoms. The van der Waals surface area contributed by atoms with Crippen LogP contribution in [0.4, 0.5) is 16.2 Å². The molecule has 3 rings (SSSR count). The molecule has 0 spiro atoms. The molecule has 0 bridgehead atoms. The number of alkyl carbamates (subject to hydrolysis) is 1. The van der Waals surface area contributed by atoms with Crippen LogP contribution in [0.15, 0.2) is 30.3 Å². The Morgan fingerprint density at radius 3 is 1.97 bits per heavy atom. The van der Waals surface area contributed by atoms with Crippen molar-refractivity contribution >= 4 is 28.2 Å². The fourth-order valence-electron chi connectivity index (χ4n) is 5.55. The molecule has 3 N–H and O–H groups in total. The van der Waals surface area contributed by atoms with Crippen LogP contribution in [0, 0.1) is 6.92 Å². The van der Waals surface area contributed by atoms with Gasteiger partial charge in [-0.1, -0.05) is 128 Å². The number of unbranched alkanes of at least 4 members (excludes halogenated alkanes) is 15. The Labute approximate surface area is 231 Å². The molecule has 0 saturated heterocycles. The van der Waals surface area contributed by atoms with Gasteiger partial charge in [-0.25, -0.2) is 4.79 Å². The number of aryl methyl sites for hydroxylation is 1. The van der Waals surface area contributed by atoms with E-state index >= 15 is 0 Å². The van der Waals surface area contributed by atoms with Crippen molar-refractivity contribution < 1.29 is 9.53 Å². The highest BCUT2D eigenvalue weighted by molar-refractivity contribution is 6.06. The highest BCUT2D eigenvalue weighted by atomic mass is 16.5. The SMILES string of the molecule is CCCCCCCCCCCCCCCCCCNC(=O)OCC1(C)Nc2cccc3ccc(C)c(c23)N1. The van der Waals surface area contributed by atoms with Gasteiger partial charge in [0.25, 0.3) is 0 Å². The molecule has 5 nitrogen and oxygen atoms in total. The maximum Gasteiger partial charge on any atom is 0.407 e. The number of benzene rings is 2. The molecule has 0 saturated carbocycles. The summed E-state index contributed by atoms with van der Waals surface area (Å²) in [7, 11) is 0. The standard InChI is InChI=1S/C33H53N3O2/c1-4-5-6-7-8-9-10-11-12-13-14-15-16-17-18-19-25-34-32(37)38-26-33(3)35-29-22-20-21-28-24-23-27(2)31(36-33)30(28)29/h20-24,35-36H,4-19,25-26H2,1-3H3,(H,34,37). The highest BCUT2D eigenvalue weighted by Gasteiger charge is 2.32. The number of hydrogen-bond donors (Lipinski definition) is 3. The van der Waals surface area contributed by atoms with Gasteiger partial charge in [0.2, 0.25) is 0 Å². The van der Waals surface area contributed by atoms with Crippen molar-refractivity contribution in [3.8, 4) is 0 Å². The molecule has 0 radical (unpaired) electrons. The first-order valence-corrected chi connectivity index (χ1v) is 15.5. The van der Waals surface area contributed by atoms with Gasteiger partial charge in [-0.3, -0.25) is 0 Å². The molecule has 1 amide bonds. The third kappa shape index (κ3) is 10.0. The molecule has 1 aliphatic heterocycles. The first-order chi connectivity index (χ1) is 18.5. The Bertz CT molecular complexity index is 976. The van der Waals surface area contributed by atoms with Crippen molar-refractivity contribution in [1.82, 2.24) is 5.32 Å². The minimum absolute atomic E-state index is 0.238. The Kier molecular flexibility index (Phi) is 13.1. The van der Waals surface area contributed by atoms with Gasteiger partial charge in [0.15, 0.2) is 0 Å². The van der Waals surface area contributed by atoms with Crippen LogP contribution in [-0.4, -0.2) is 24.9 Å². The second-order valence-electron chi connectivity index (χ2n) is 11.5. The number of rotatable bonds is 19. The number of ether oxygens (including phenoxy) is 1. The molecule has 0 aliphatic carbocycles. The Morgan fingerprint density at radius 2 is 1.37 bits per heavy atom. The van der Waals surface area contributed by atoms with E-state index in [1.807, 2.05) is 6.92 Å². The first kappa shape index (κ1) is 30.1. The fourth-order valence-corrected chi connectivity index (χ4v) is 5.55. The molecule has 1 atom stereocenters. The summed E-state index contributed by atoms with van der Waals surface area (Å²) in [6.07, 6.45) is 21.3. The van der Waals surface area contributed by atoms with Crippen molar-refractivity contribution in [1.29, 1.82) is 0 Å². The lowest BCUT2D eigenvalue weighted by Crippen LogP contribution is -2.50. The van der Waals surface area contributed by atoms with E-state index in [9.17, 15) is 4.79 Å². The molecule has 212 valence electrons. The summed E-state index contributed by atoms with van der Waals surface area (Å²) < 4.78 is 5.59. The molecule has 2 aromatic rings. The lowest BCUT2D eigenvalue weighted by Gasteiger charge is -2.38. The normalized spacial score (nSPS) is 16.2. The summed E-state index contributed by atoms with van der Waals surface area (Å²) in [4.78, 5) is 12.3. The largest absolute Gasteiger partial charge is 0.445 e. The van der Waals surface area contributed by atoms with Gasteiger partial charge in [0, 0.05) is 23.3 Å². The number of amides is 1. The second-order valence-corrected chi connectivity index (χ2v) is 11.5. The zero-order valence-corrected chi connectivity index (χ0v) is 24.4. The van der Waals surface area contributed by atoms with Crippen molar-refractivity contribution in [3.63, 3.8) is 0 Å². The van der Waals surface area contributed by atoms with Gasteiger partial charge >= 0.3 is 6.09 Å². The number of carbonyl (C=O) groups excluding carboxylic acids is 1. The Morgan fingerprint density at radius 1 is 0.789 bits per heavy atom. The Balaban J connectivity index is 1.17. The smallest absolute Gasteiger partial charge is 0.407 e. The van der Waals surface area contributed by atoms with E-state index in [2.05, 4.69) is 60.1 Å². The molecule has 2 aromatic carbocycles. The van der Waals surface area contributed by atoms with Gasteiger partial charge < -0.3 is 20.7 Å². The summed E-state index contributed by atoms with van der Waals surface area (Å²) in [6, 6.07) is 10.5. The topological polar surface area (TPSA) is 62.4 Å². The highest BCUT2D eigenvalue weighted by Crippen LogP contribution is 2.39. The number of nitrogens with one attached hydrogen (secondary N) is 3. The average Bonchev–Trinajstić information content (AvgIpc) is 2.91. The van der Waals surface area contributed by atoms with Crippen LogP contribution in [0.5, 0.6) is 0 Å². The second kappa shape index (κ2) is 16.5. The van der Waals surface area contributed by atoms with E-state index in [0.29, 0.717) is 6.54 Å². The molecular formula is C33H53N3O2. The summed E-state index contributed by atoms with van der Waals surface area (Å²) in [5.74, 6) is 0. The predicted octanol–water partition coefficient (Wildman–Crippen LogP) is 9.69. The number of hydrogen-bond acceptors (Lipinski definition) is 4. The van der Waals surface area contributed by atoms with E-state index in [-0.39, 0.29) is 12.7 Å². The van der Waals surface area contributed by atoms with Crippen LogP contribution in [0.25, 0.3) is 10.8 Å². The quantitative estimate of drug-likeness (QED) is 0.160. The van der Waals surface area contributed by atoms with E-state index in [4.69, 9.17) is 4.74 Å². The minimum atomic E-state index is -0.557. The first-order valence-electron chi connectivity index (χ1n) is 15.5. The third-order valence-electron chi connectivity index (χ3n) is 7.86. The van der Waals surface area contributed by atoms with Crippen LogP contribution in [0.3, 0.4) is 0 Å². The number of anilines is 2. The maximum atomic E-state index is 12.3.